The van der Waals surface area contributed by atoms with Crippen LogP contribution < -0.4 is 5.73 Å². The van der Waals surface area contributed by atoms with E-state index in [0.717, 1.165) is 11.0 Å². The summed E-state index contributed by atoms with van der Waals surface area (Å²) in [6.07, 6.45) is 0. The molecule has 0 amide bonds. The van der Waals surface area contributed by atoms with Gasteiger partial charge in [-0.15, -0.1) is 0 Å². The Morgan fingerprint density at radius 2 is 2.23 bits per heavy atom. The Morgan fingerprint density at radius 1 is 1.54 bits per heavy atom. The minimum Gasteiger partial charge on any atom is -0.369 e. The minimum absolute atomic E-state index is 0.240. The third-order valence-electron chi connectivity index (χ3n) is 1.96. The van der Waals surface area contributed by atoms with E-state index in [1.165, 1.54) is 6.07 Å². The first-order chi connectivity index (χ1) is 6.09. The van der Waals surface area contributed by atoms with Gasteiger partial charge in [0.25, 0.3) is 0 Å². The third kappa shape index (κ3) is 1.27. The molecule has 1 aromatic heterocycles. The van der Waals surface area contributed by atoms with Crippen molar-refractivity contribution < 1.29 is 4.39 Å². The first kappa shape index (κ1) is 8.74. The minimum atomic E-state index is -0.240. The maximum atomic E-state index is 13.1. The fraction of sp³-hybridized carbons (Fsp3) is 0.125. The van der Waals surface area contributed by atoms with E-state index in [1.807, 2.05) is 22.6 Å². The van der Waals surface area contributed by atoms with Gasteiger partial charge in [-0.05, 0) is 28.7 Å². The molecule has 1 heterocycles. The van der Waals surface area contributed by atoms with Crippen molar-refractivity contribution >= 4 is 39.6 Å². The molecular weight excluding hydrogens is 284 g/mol. The van der Waals surface area contributed by atoms with Crippen molar-refractivity contribution in [3.05, 3.63) is 21.5 Å². The second-order valence-electron chi connectivity index (χ2n) is 2.78. The summed E-state index contributed by atoms with van der Waals surface area (Å²) in [6.45, 7) is 0. The van der Waals surface area contributed by atoms with Crippen molar-refractivity contribution in [1.82, 2.24) is 9.55 Å². The largest absolute Gasteiger partial charge is 0.369 e. The summed E-state index contributed by atoms with van der Waals surface area (Å²) in [5.74, 6) is 0.160. The molecule has 0 atom stereocenters. The summed E-state index contributed by atoms with van der Waals surface area (Å²) in [4.78, 5) is 4.08. The predicted molar refractivity (Wildman–Crippen MR) is 57.8 cm³/mol. The number of halogens is 2. The molecule has 68 valence electrons. The second-order valence-corrected chi connectivity index (χ2v) is 3.95. The van der Waals surface area contributed by atoms with Crippen LogP contribution in [0.15, 0.2) is 12.1 Å². The van der Waals surface area contributed by atoms with Crippen molar-refractivity contribution in [2.75, 3.05) is 5.73 Å². The number of aromatic nitrogens is 2. The zero-order chi connectivity index (χ0) is 9.59. The number of imidazole rings is 1. The molecule has 0 saturated heterocycles. The molecule has 0 radical (unpaired) electrons. The molecule has 1 aromatic carbocycles. The van der Waals surface area contributed by atoms with Crippen LogP contribution in [0.2, 0.25) is 0 Å². The molecular formula is C8H7FIN3. The van der Waals surface area contributed by atoms with E-state index in [9.17, 15) is 4.39 Å². The lowest BCUT2D eigenvalue weighted by Crippen LogP contribution is -1.96. The summed E-state index contributed by atoms with van der Waals surface area (Å²) in [5.41, 5.74) is 7.03. The number of nitrogen functional groups attached to an aromatic ring is 1. The summed E-state index contributed by atoms with van der Waals surface area (Å²) in [7, 11) is 1.76. The molecule has 3 nitrogen and oxygen atoms in total. The Labute approximate surface area is 87.9 Å². The molecule has 0 bridgehead atoms. The second kappa shape index (κ2) is 2.83. The average Bonchev–Trinajstić information content (AvgIpc) is 2.32. The maximum Gasteiger partial charge on any atom is 0.200 e. The van der Waals surface area contributed by atoms with E-state index in [0.29, 0.717) is 9.52 Å². The topological polar surface area (TPSA) is 43.8 Å². The van der Waals surface area contributed by atoms with Gasteiger partial charge in [-0.3, -0.25) is 0 Å². The number of hydrogen-bond acceptors (Lipinski definition) is 2. The number of nitrogens with two attached hydrogens (primary N) is 1. The van der Waals surface area contributed by atoms with Gasteiger partial charge in [-0.25, -0.2) is 9.37 Å². The lowest BCUT2D eigenvalue weighted by atomic mass is 10.3. The summed E-state index contributed by atoms with van der Waals surface area (Å²) >= 11 is 1.93. The Bertz CT molecular complexity index is 478. The molecule has 0 unspecified atom stereocenters. The van der Waals surface area contributed by atoms with Gasteiger partial charge in [0.15, 0.2) is 0 Å². The average molecular weight is 291 g/mol. The van der Waals surface area contributed by atoms with Crippen molar-refractivity contribution in [3.63, 3.8) is 0 Å². The van der Waals surface area contributed by atoms with E-state index in [-0.39, 0.29) is 5.82 Å². The summed E-state index contributed by atoms with van der Waals surface area (Å²) in [6, 6.07) is 3.13. The number of hydrogen-bond donors (Lipinski definition) is 1. The quantitative estimate of drug-likeness (QED) is 0.753. The SMILES string of the molecule is Cn1c(N)nc2cc(I)c(F)cc21. The molecule has 2 rings (SSSR count). The zero-order valence-corrected chi connectivity index (χ0v) is 9.04. The first-order valence-electron chi connectivity index (χ1n) is 3.66. The Kier molecular flexibility index (Phi) is 1.90. The van der Waals surface area contributed by atoms with Crippen LogP contribution in [-0.2, 0) is 7.05 Å². The molecule has 2 N–H and O–H groups in total. The van der Waals surface area contributed by atoms with Gasteiger partial charge < -0.3 is 10.3 Å². The Morgan fingerprint density at radius 3 is 2.92 bits per heavy atom. The lowest BCUT2D eigenvalue weighted by molar-refractivity contribution is 0.621. The van der Waals surface area contributed by atoms with Gasteiger partial charge >= 0.3 is 0 Å². The number of anilines is 1. The molecule has 0 spiro atoms. The smallest absolute Gasteiger partial charge is 0.200 e. The van der Waals surface area contributed by atoms with E-state index < -0.39 is 0 Å². The maximum absolute atomic E-state index is 13.1. The van der Waals surface area contributed by atoms with Crippen LogP contribution in [0.25, 0.3) is 11.0 Å². The number of rotatable bonds is 0. The molecule has 5 heteroatoms. The molecule has 13 heavy (non-hydrogen) atoms. The van der Waals surface area contributed by atoms with Gasteiger partial charge in [0, 0.05) is 13.1 Å². The molecule has 0 aliphatic heterocycles. The van der Waals surface area contributed by atoms with Crippen LogP contribution >= 0.6 is 22.6 Å². The molecule has 2 aromatic rings. The standard InChI is InChI=1S/C8H7FIN3/c1-13-7-2-4(9)5(10)3-6(7)12-8(13)11/h2-3H,1H3,(H2,11,12). The monoisotopic (exact) mass is 291 g/mol. The highest BCUT2D eigenvalue weighted by Crippen LogP contribution is 2.21. The first-order valence-corrected chi connectivity index (χ1v) is 4.74. The van der Waals surface area contributed by atoms with Gasteiger partial charge in [0.05, 0.1) is 14.6 Å². The number of fused-ring (bicyclic) bond motifs is 1. The summed E-state index contributed by atoms with van der Waals surface area (Å²) in [5, 5.41) is 0. The summed E-state index contributed by atoms with van der Waals surface area (Å²) < 4.78 is 15.4. The van der Waals surface area contributed by atoms with Crippen LogP contribution in [0.3, 0.4) is 0 Å². The van der Waals surface area contributed by atoms with Gasteiger partial charge in [-0.1, -0.05) is 0 Å². The van der Waals surface area contributed by atoms with Gasteiger partial charge in [-0.2, -0.15) is 0 Å². The number of nitrogens with zero attached hydrogens (tertiary/aromatic N) is 2. The highest BCUT2D eigenvalue weighted by atomic mass is 127. The highest BCUT2D eigenvalue weighted by molar-refractivity contribution is 14.1. The van der Waals surface area contributed by atoms with E-state index in [2.05, 4.69) is 4.98 Å². The Hall–Kier alpha value is -0.850. The molecule has 0 fully saturated rings. The van der Waals surface area contributed by atoms with E-state index in [4.69, 9.17) is 5.73 Å². The highest BCUT2D eigenvalue weighted by Gasteiger charge is 2.08. The number of aryl methyl sites for hydroxylation is 1. The zero-order valence-electron chi connectivity index (χ0n) is 6.88. The fourth-order valence-electron chi connectivity index (χ4n) is 1.21. The van der Waals surface area contributed by atoms with Crippen LogP contribution in [-0.4, -0.2) is 9.55 Å². The van der Waals surface area contributed by atoms with Crippen molar-refractivity contribution in [3.8, 4) is 0 Å². The molecule has 0 aliphatic carbocycles. The van der Waals surface area contributed by atoms with Crippen LogP contribution in [0.5, 0.6) is 0 Å². The van der Waals surface area contributed by atoms with Crippen molar-refractivity contribution in [2.45, 2.75) is 0 Å². The van der Waals surface area contributed by atoms with Gasteiger partial charge in [0.1, 0.15) is 5.82 Å². The third-order valence-corrected chi connectivity index (χ3v) is 2.78. The van der Waals surface area contributed by atoms with Crippen LogP contribution in [0, 0.1) is 9.39 Å². The Balaban J connectivity index is 2.89. The normalized spacial score (nSPS) is 11.0. The van der Waals surface area contributed by atoms with Crippen molar-refractivity contribution in [1.29, 1.82) is 0 Å². The van der Waals surface area contributed by atoms with Crippen LogP contribution in [0.1, 0.15) is 0 Å². The van der Waals surface area contributed by atoms with Crippen LogP contribution in [0.4, 0.5) is 10.3 Å². The molecule has 0 saturated carbocycles. The number of benzene rings is 1. The molecule has 0 aliphatic rings. The van der Waals surface area contributed by atoms with E-state index in [1.54, 1.807) is 17.7 Å². The van der Waals surface area contributed by atoms with Crippen molar-refractivity contribution in [2.24, 2.45) is 7.05 Å². The predicted octanol–water partition coefficient (Wildman–Crippen LogP) is 1.90. The fourth-order valence-corrected chi connectivity index (χ4v) is 1.66. The van der Waals surface area contributed by atoms with E-state index >= 15 is 0 Å². The lowest BCUT2D eigenvalue weighted by Gasteiger charge is -1.97. The van der Waals surface area contributed by atoms with Gasteiger partial charge in [0.2, 0.25) is 5.95 Å².